The molecule has 0 radical (unpaired) electrons. The molecule has 108 valence electrons. The normalized spacial score (nSPS) is 21.4. The molecule has 6 nitrogen and oxygen atoms in total. The highest BCUT2D eigenvalue weighted by Crippen LogP contribution is 2.17. The maximum absolute atomic E-state index is 11.7. The van der Waals surface area contributed by atoms with Crippen LogP contribution in [0.3, 0.4) is 0 Å². The number of ether oxygens (including phenoxy) is 2. The minimum absolute atomic E-state index is 0.0242. The van der Waals surface area contributed by atoms with E-state index < -0.39 is 12.1 Å². The summed E-state index contributed by atoms with van der Waals surface area (Å²) in [4.78, 5) is 22.4. The number of nitrogens with one attached hydrogen (secondary N) is 1. The molecule has 1 fully saturated rings. The van der Waals surface area contributed by atoms with Crippen molar-refractivity contribution in [3.8, 4) is 0 Å². The van der Waals surface area contributed by atoms with E-state index in [4.69, 9.17) is 14.6 Å². The number of alkyl carbamates (subject to hydrolysis) is 1. The first-order valence-corrected chi connectivity index (χ1v) is 6.42. The number of hydrogen-bond donors (Lipinski definition) is 2. The second-order valence-corrected chi connectivity index (χ2v) is 4.71. The fraction of sp³-hybridized carbons (Fsp3) is 0.429. The van der Waals surface area contributed by atoms with Crippen molar-refractivity contribution in [3.63, 3.8) is 0 Å². The van der Waals surface area contributed by atoms with E-state index in [2.05, 4.69) is 5.32 Å². The zero-order valence-corrected chi connectivity index (χ0v) is 11.0. The van der Waals surface area contributed by atoms with Gasteiger partial charge in [0.2, 0.25) is 0 Å². The van der Waals surface area contributed by atoms with Gasteiger partial charge in [0.05, 0.1) is 25.7 Å². The zero-order valence-electron chi connectivity index (χ0n) is 11.0. The predicted octanol–water partition coefficient (Wildman–Crippen LogP) is 1.40. The summed E-state index contributed by atoms with van der Waals surface area (Å²) >= 11 is 0. The molecule has 1 saturated heterocycles. The van der Waals surface area contributed by atoms with Crippen LogP contribution in [-0.2, 0) is 20.9 Å². The molecular weight excluding hydrogens is 262 g/mol. The molecule has 2 rings (SSSR count). The molecule has 2 N–H and O–H groups in total. The minimum Gasteiger partial charge on any atom is -0.481 e. The molecular formula is C14H17NO5. The molecule has 2 unspecified atom stereocenters. The van der Waals surface area contributed by atoms with E-state index in [-0.39, 0.29) is 25.0 Å². The van der Waals surface area contributed by atoms with Crippen molar-refractivity contribution in [1.82, 2.24) is 5.32 Å². The molecule has 1 heterocycles. The fourth-order valence-electron chi connectivity index (χ4n) is 2.10. The number of rotatable bonds is 5. The van der Waals surface area contributed by atoms with Crippen LogP contribution in [0.1, 0.15) is 12.0 Å². The Morgan fingerprint density at radius 3 is 2.75 bits per heavy atom. The second-order valence-electron chi connectivity index (χ2n) is 4.71. The number of hydrogen-bond acceptors (Lipinski definition) is 4. The van der Waals surface area contributed by atoms with E-state index in [0.717, 1.165) is 5.56 Å². The van der Waals surface area contributed by atoms with E-state index in [9.17, 15) is 9.59 Å². The number of aliphatic carboxylic acids is 1. The number of amides is 1. The largest absolute Gasteiger partial charge is 0.481 e. The average Bonchev–Trinajstić information content (AvgIpc) is 2.84. The fourth-order valence-corrected chi connectivity index (χ4v) is 2.10. The Balaban J connectivity index is 1.77. The van der Waals surface area contributed by atoms with Gasteiger partial charge in [-0.3, -0.25) is 4.79 Å². The Bertz CT molecular complexity index is 462. The highest BCUT2D eigenvalue weighted by atomic mass is 16.5. The third-order valence-electron chi connectivity index (χ3n) is 3.15. The van der Waals surface area contributed by atoms with Crippen LogP contribution in [0, 0.1) is 5.92 Å². The molecule has 0 saturated carbocycles. The summed E-state index contributed by atoms with van der Waals surface area (Å²) in [5.74, 6) is -1.11. The van der Waals surface area contributed by atoms with Crippen LogP contribution >= 0.6 is 0 Å². The lowest BCUT2D eigenvalue weighted by atomic mass is 10.0. The van der Waals surface area contributed by atoms with Gasteiger partial charge in [-0.2, -0.15) is 0 Å². The summed E-state index contributed by atoms with van der Waals surface area (Å²) in [6.45, 7) is 0.845. The Labute approximate surface area is 116 Å². The standard InChI is InChI=1S/C14H17NO5/c16-13(17)6-11-8-19-9-12(11)15-14(18)20-7-10-4-2-1-3-5-10/h1-5,11-12H,6-9H2,(H,15,18)(H,16,17). The molecule has 1 aliphatic rings. The first kappa shape index (κ1) is 14.3. The van der Waals surface area contributed by atoms with Gasteiger partial charge in [-0.05, 0) is 5.56 Å². The Morgan fingerprint density at radius 1 is 1.30 bits per heavy atom. The Morgan fingerprint density at radius 2 is 2.05 bits per heavy atom. The third-order valence-corrected chi connectivity index (χ3v) is 3.15. The van der Waals surface area contributed by atoms with Crippen LogP contribution in [0.25, 0.3) is 0 Å². The highest BCUT2D eigenvalue weighted by Gasteiger charge is 2.31. The number of carbonyl (C=O) groups excluding carboxylic acids is 1. The lowest BCUT2D eigenvalue weighted by Crippen LogP contribution is -2.40. The maximum atomic E-state index is 11.7. The van der Waals surface area contributed by atoms with Crippen molar-refractivity contribution in [3.05, 3.63) is 35.9 Å². The maximum Gasteiger partial charge on any atom is 0.407 e. The van der Waals surface area contributed by atoms with Crippen LogP contribution < -0.4 is 5.32 Å². The summed E-state index contributed by atoms with van der Waals surface area (Å²) in [7, 11) is 0. The quantitative estimate of drug-likeness (QED) is 0.851. The first-order valence-electron chi connectivity index (χ1n) is 6.42. The molecule has 20 heavy (non-hydrogen) atoms. The molecule has 0 spiro atoms. The molecule has 1 aromatic rings. The monoisotopic (exact) mass is 279 g/mol. The number of carboxylic acid groups (broad SMARTS) is 1. The van der Waals surface area contributed by atoms with Crippen molar-refractivity contribution in [2.75, 3.05) is 13.2 Å². The number of benzene rings is 1. The second kappa shape index (κ2) is 6.91. The average molecular weight is 279 g/mol. The van der Waals surface area contributed by atoms with E-state index in [0.29, 0.717) is 13.2 Å². The van der Waals surface area contributed by atoms with E-state index in [1.807, 2.05) is 30.3 Å². The van der Waals surface area contributed by atoms with Crippen molar-refractivity contribution >= 4 is 12.1 Å². The van der Waals surface area contributed by atoms with Gasteiger partial charge in [0.25, 0.3) is 0 Å². The van der Waals surface area contributed by atoms with Gasteiger partial charge in [0.15, 0.2) is 0 Å². The number of carboxylic acids is 1. The van der Waals surface area contributed by atoms with Gasteiger partial charge in [0, 0.05) is 5.92 Å². The lowest BCUT2D eigenvalue weighted by molar-refractivity contribution is -0.138. The molecule has 1 amide bonds. The van der Waals surface area contributed by atoms with E-state index in [1.165, 1.54) is 0 Å². The van der Waals surface area contributed by atoms with Gasteiger partial charge >= 0.3 is 12.1 Å². The molecule has 0 aromatic heterocycles. The molecule has 1 aliphatic heterocycles. The van der Waals surface area contributed by atoms with E-state index >= 15 is 0 Å². The van der Waals surface area contributed by atoms with E-state index in [1.54, 1.807) is 0 Å². The predicted molar refractivity (Wildman–Crippen MR) is 70.1 cm³/mol. The van der Waals surface area contributed by atoms with Gasteiger partial charge in [-0.1, -0.05) is 30.3 Å². The smallest absolute Gasteiger partial charge is 0.407 e. The van der Waals surface area contributed by atoms with Crippen molar-refractivity contribution in [2.24, 2.45) is 5.92 Å². The summed E-state index contributed by atoms with van der Waals surface area (Å²) < 4.78 is 10.3. The minimum atomic E-state index is -0.898. The van der Waals surface area contributed by atoms with Crippen LogP contribution in [0.4, 0.5) is 4.79 Å². The highest BCUT2D eigenvalue weighted by molar-refractivity contribution is 5.69. The van der Waals surface area contributed by atoms with Crippen LogP contribution in [-0.4, -0.2) is 36.4 Å². The molecule has 0 aliphatic carbocycles. The third kappa shape index (κ3) is 4.24. The lowest BCUT2D eigenvalue weighted by Gasteiger charge is -2.17. The van der Waals surface area contributed by atoms with Crippen LogP contribution in [0.15, 0.2) is 30.3 Å². The Kier molecular flexibility index (Phi) is 4.95. The van der Waals surface area contributed by atoms with Crippen molar-refractivity contribution in [1.29, 1.82) is 0 Å². The Hall–Kier alpha value is -2.08. The summed E-state index contributed by atoms with van der Waals surface area (Å²) in [5, 5.41) is 11.4. The molecule has 2 atom stereocenters. The first-order chi connectivity index (χ1) is 9.65. The van der Waals surface area contributed by atoms with Gasteiger partial charge in [-0.25, -0.2) is 4.79 Å². The summed E-state index contributed by atoms with van der Waals surface area (Å²) in [6.07, 6.45) is -0.580. The molecule has 1 aromatic carbocycles. The van der Waals surface area contributed by atoms with Crippen LogP contribution in [0.5, 0.6) is 0 Å². The van der Waals surface area contributed by atoms with Gasteiger partial charge in [-0.15, -0.1) is 0 Å². The summed E-state index contributed by atoms with van der Waals surface area (Å²) in [6, 6.07) is 9.03. The SMILES string of the molecule is O=C(O)CC1COCC1NC(=O)OCc1ccccc1. The zero-order chi connectivity index (χ0) is 14.4. The van der Waals surface area contributed by atoms with Gasteiger partial charge in [0.1, 0.15) is 6.61 Å². The molecule has 6 heteroatoms. The number of carbonyl (C=O) groups is 2. The van der Waals surface area contributed by atoms with Gasteiger partial charge < -0.3 is 19.9 Å². The summed E-state index contributed by atoms with van der Waals surface area (Å²) in [5.41, 5.74) is 0.896. The molecule has 0 bridgehead atoms. The van der Waals surface area contributed by atoms with Crippen molar-refractivity contribution < 1.29 is 24.2 Å². The topological polar surface area (TPSA) is 84.9 Å². The van der Waals surface area contributed by atoms with Crippen LogP contribution in [0.2, 0.25) is 0 Å². The van der Waals surface area contributed by atoms with Crippen molar-refractivity contribution in [2.45, 2.75) is 19.1 Å².